The molecule has 5 nitrogen and oxygen atoms in total. The molecular weight excluding hydrogens is 356 g/mol. The van der Waals surface area contributed by atoms with Crippen LogP contribution in [0.4, 0.5) is 0 Å². The fraction of sp³-hybridized carbons (Fsp3) is 0.286. The standard InChI is InChI=1S/C21H22N4OS/c1-25-20(16-9-3-2-4-10-16)23-24-21(25)27-14-19(26)22-18-13-7-11-15-8-5-6-12-17(15)18/h2-6,8-10,12,18H,7,11,13-14H2,1H3,(H,22,26)/t18-/m0/s1. The lowest BCUT2D eigenvalue weighted by Crippen LogP contribution is -2.32. The Morgan fingerprint density at radius 1 is 1.15 bits per heavy atom. The van der Waals surface area contributed by atoms with Crippen LogP contribution in [0.2, 0.25) is 0 Å². The van der Waals surface area contributed by atoms with E-state index in [4.69, 9.17) is 0 Å². The molecule has 1 amide bonds. The molecule has 1 heterocycles. The third-order valence-corrected chi connectivity index (χ3v) is 5.92. The maximum absolute atomic E-state index is 12.5. The lowest BCUT2D eigenvalue weighted by molar-refractivity contribution is -0.119. The van der Waals surface area contributed by atoms with Gasteiger partial charge in [-0.3, -0.25) is 4.79 Å². The van der Waals surface area contributed by atoms with Crippen LogP contribution >= 0.6 is 11.8 Å². The number of carbonyl (C=O) groups is 1. The molecule has 0 unspecified atom stereocenters. The quantitative estimate of drug-likeness (QED) is 0.687. The summed E-state index contributed by atoms with van der Waals surface area (Å²) in [4.78, 5) is 12.5. The van der Waals surface area contributed by atoms with E-state index < -0.39 is 0 Å². The van der Waals surface area contributed by atoms with E-state index >= 15 is 0 Å². The van der Waals surface area contributed by atoms with E-state index in [1.54, 1.807) is 0 Å². The molecule has 6 heteroatoms. The van der Waals surface area contributed by atoms with E-state index in [1.807, 2.05) is 48.0 Å². The van der Waals surface area contributed by atoms with Crippen molar-refractivity contribution in [3.05, 3.63) is 65.7 Å². The molecule has 2 aromatic carbocycles. The summed E-state index contributed by atoms with van der Waals surface area (Å²) in [5.41, 5.74) is 3.62. The summed E-state index contributed by atoms with van der Waals surface area (Å²) in [5.74, 6) is 1.17. The summed E-state index contributed by atoms with van der Waals surface area (Å²) in [6.45, 7) is 0. The summed E-state index contributed by atoms with van der Waals surface area (Å²) in [5, 5.41) is 12.4. The van der Waals surface area contributed by atoms with Crippen molar-refractivity contribution in [1.29, 1.82) is 0 Å². The maximum atomic E-state index is 12.5. The second-order valence-corrected chi connectivity index (χ2v) is 7.67. The minimum Gasteiger partial charge on any atom is -0.349 e. The summed E-state index contributed by atoms with van der Waals surface area (Å²) in [7, 11) is 1.93. The van der Waals surface area contributed by atoms with Crippen LogP contribution in [-0.4, -0.2) is 26.4 Å². The number of fused-ring (bicyclic) bond motifs is 1. The van der Waals surface area contributed by atoms with Crippen LogP contribution in [0.3, 0.4) is 0 Å². The van der Waals surface area contributed by atoms with Crippen molar-refractivity contribution in [3.8, 4) is 11.4 Å². The number of carbonyl (C=O) groups excluding carboxylic acids is 1. The minimum atomic E-state index is 0.0333. The van der Waals surface area contributed by atoms with Crippen LogP contribution in [-0.2, 0) is 18.3 Å². The molecule has 0 spiro atoms. The van der Waals surface area contributed by atoms with Gasteiger partial charge in [0.1, 0.15) is 0 Å². The average molecular weight is 379 g/mol. The Morgan fingerprint density at radius 2 is 1.93 bits per heavy atom. The predicted octanol–water partition coefficient (Wildman–Crippen LogP) is 3.77. The number of rotatable bonds is 5. The molecule has 3 aromatic rings. The second-order valence-electron chi connectivity index (χ2n) is 6.73. The van der Waals surface area contributed by atoms with E-state index in [0.717, 1.165) is 35.8 Å². The maximum Gasteiger partial charge on any atom is 0.230 e. The largest absolute Gasteiger partial charge is 0.349 e. The Balaban J connectivity index is 1.39. The third kappa shape index (κ3) is 3.90. The van der Waals surface area contributed by atoms with Gasteiger partial charge in [0.15, 0.2) is 11.0 Å². The molecule has 138 valence electrons. The van der Waals surface area contributed by atoms with Crippen LogP contribution in [0.15, 0.2) is 59.8 Å². The fourth-order valence-corrected chi connectivity index (χ4v) is 4.27. The van der Waals surface area contributed by atoms with Gasteiger partial charge in [0, 0.05) is 12.6 Å². The predicted molar refractivity (Wildman–Crippen MR) is 107 cm³/mol. The number of nitrogens with one attached hydrogen (secondary N) is 1. The van der Waals surface area contributed by atoms with Crippen molar-refractivity contribution in [2.45, 2.75) is 30.5 Å². The molecule has 27 heavy (non-hydrogen) atoms. The van der Waals surface area contributed by atoms with E-state index in [-0.39, 0.29) is 11.9 Å². The van der Waals surface area contributed by atoms with Gasteiger partial charge in [-0.2, -0.15) is 0 Å². The molecule has 0 radical (unpaired) electrons. The molecule has 1 atom stereocenters. The van der Waals surface area contributed by atoms with Gasteiger partial charge in [0.05, 0.1) is 11.8 Å². The topological polar surface area (TPSA) is 59.8 Å². The first-order valence-corrected chi connectivity index (χ1v) is 10.2. The number of aryl methyl sites for hydroxylation is 1. The lowest BCUT2D eigenvalue weighted by atomic mass is 9.88. The molecular formula is C21H22N4OS. The summed E-state index contributed by atoms with van der Waals surface area (Å²) in [6, 6.07) is 18.5. The van der Waals surface area contributed by atoms with Crippen LogP contribution < -0.4 is 5.32 Å². The van der Waals surface area contributed by atoms with Gasteiger partial charge in [0.2, 0.25) is 5.91 Å². The zero-order chi connectivity index (χ0) is 18.6. The number of amides is 1. The SMILES string of the molecule is Cn1c(SCC(=O)N[C@H]2CCCc3ccccc32)nnc1-c1ccccc1. The summed E-state index contributed by atoms with van der Waals surface area (Å²) in [6.07, 6.45) is 3.20. The van der Waals surface area contributed by atoms with E-state index in [2.05, 4.69) is 33.7 Å². The Morgan fingerprint density at radius 3 is 2.78 bits per heavy atom. The highest BCUT2D eigenvalue weighted by Crippen LogP contribution is 2.29. The highest BCUT2D eigenvalue weighted by molar-refractivity contribution is 7.99. The Kier molecular flexibility index (Phi) is 5.25. The Hall–Kier alpha value is -2.60. The number of hydrogen-bond acceptors (Lipinski definition) is 4. The summed E-state index contributed by atoms with van der Waals surface area (Å²) < 4.78 is 1.93. The highest BCUT2D eigenvalue weighted by atomic mass is 32.2. The van der Waals surface area contributed by atoms with E-state index in [9.17, 15) is 4.79 Å². The number of nitrogens with zero attached hydrogens (tertiary/aromatic N) is 3. The van der Waals surface area contributed by atoms with Gasteiger partial charge >= 0.3 is 0 Å². The summed E-state index contributed by atoms with van der Waals surface area (Å²) >= 11 is 1.42. The van der Waals surface area contributed by atoms with Gasteiger partial charge in [0.25, 0.3) is 0 Å². The number of aromatic nitrogens is 3. The molecule has 1 aliphatic rings. The van der Waals surface area contributed by atoms with Crippen molar-refractivity contribution >= 4 is 17.7 Å². The van der Waals surface area contributed by atoms with E-state index in [1.165, 1.54) is 22.9 Å². The van der Waals surface area contributed by atoms with Crippen molar-refractivity contribution in [3.63, 3.8) is 0 Å². The van der Waals surface area contributed by atoms with Gasteiger partial charge in [-0.15, -0.1) is 10.2 Å². The fourth-order valence-electron chi connectivity index (χ4n) is 3.55. The molecule has 1 N–H and O–H groups in total. The van der Waals surface area contributed by atoms with Crippen molar-refractivity contribution in [1.82, 2.24) is 20.1 Å². The zero-order valence-corrected chi connectivity index (χ0v) is 16.1. The molecule has 0 aliphatic heterocycles. The van der Waals surface area contributed by atoms with Gasteiger partial charge in [-0.1, -0.05) is 66.4 Å². The number of hydrogen-bond donors (Lipinski definition) is 1. The monoisotopic (exact) mass is 378 g/mol. The molecule has 1 aromatic heterocycles. The zero-order valence-electron chi connectivity index (χ0n) is 15.3. The first kappa shape index (κ1) is 17.8. The van der Waals surface area contributed by atoms with Gasteiger partial charge in [-0.05, 0) is 30.4 Å². The molecule has 1 aliphatic carbocycles. The molecule has 0 saturated carbocycles. The third-order valence-electron chi connectivity index (χ3n) is 4.90. The number of thioether (sulfide) groups is 1. The Bertz CT molecular complexity index is 938. The Labute approximate surface area is 163 Å². The second kappa shape index (κ2) is 7.96. The number of benzene rings is 2. The molecule has 4 rings (SSSR count). The van der Waals surface area contributed by atoms with Gasteiger partial charge < -0.3 is 9.88 Å². The van der Waals surface area contributed by atoms with Crippen LogP contribution in [0.25, 0.3) is 11.4 Å². The van der Waals surface area contributed by atoms with E-state index in [0.29, 0.717) is 5.75 Å². The normalized spacial score (nSPS) is 16.0. The van der Waals surface area contributed by atoms with Crippen molar-refractivity contribution in [2.75, 3.05) is 5.75 Å². The first-order chi connectivity index (χ1) is 13.2. The molecule has 0 saturated heterocycles. The molecule has 0 bridgehead atoms. The lowest BCUT2D eigenvalue weighted by Gasteiger charge is -2.26. The van der Waals surface area contributed by atoms with Crippen molar-refractivity contribution < 1.29 is 4.79 Å². The highest BCUT2D eigenvalue weighted by Gasteiger charge is 2.21. The minimum absolute atomic E-state index is 0.0333. The van der Waals surface area contributed by atoms with Crippen LogP contribution in [0, 0.1) is 0 Å². The first-order valence-electron chi connectivity index (χ1n) is 9.17. The van der Waals surface area contributed by atoms with Crippen LogP contribution in [0.5, 0.6) is 0 Å². The van der Waals surface area contributed by atoms with Gasteiger partial charge in [-0.25, -0.2) is 0 Å². The van der Waals surface area contributed by atoms with Crippen LogP contribution in [0.1, 0.15) is 30.0 Å². The molecule has 0 fully saturated rings. The smallest absolute Gasteiger partial charge is 0.230 e. The average Bonchev–Trinajstić information content (AvgIpc) is 3.08. The van der Waals surface area contributed by atoms with Crippen molar-refractivity contribution in [2.24, 2.45) is 7.05 Å².